The lowest BCUT2D eigenvalue weighted by atomic mass is 9.72. The standard InChI is InChI=1S/C25H38N6O/c1-29-17-19(16-28-29)21-14-22(26)24(32-2)15-23(21)31-10-4-20(5-11-31)30-12-7-25(8-13-30)6-3-9-27-18-25/h14-17,20,27H,3-13,18,26H2,1-2H3. The number of nitrogens with zero attached hydrogens (tertiary/aromatic N) is 4. The lowest BCUT2D eigenvalue weighted by molar-refractivity contribution is 0.0471. The molecule has 0 atom stereocenters. The Morgan fingerprint density at radius 3 is 2.53 bits per heavy atom. The molecule has 3 N–H and O–H groups in total. The van der Waals surface area contributed by atoms with Gasteiger partial charge in [-0.25, -0.2) is 0 Å². The van der Waals surface area contributed by atoms with Gasteiger partial charge in [-0.05, 0) is 69.6 Å². The van der Waals surface area contributed by atoms with E-state index in [9.17, 15) is 0 Å². The van der Waals surface area contributed by atoms with Gasteiger partial charge in [0.05, 0.1) is 19.0 Å². The highest BCUT2D eigenvalue weighted by Crippen LogP contribution is 2.41. The van der Waals surface area contributed by atoms with Crippen molar-refractivity contribution in [2.75, 3.05) is 57.0 Å². The molecule has 0 saturated carbocycles. The molecule has 32 heavy (non-hydrogen) atoms. The van der Waals surface area contributed by atoms with Crippen LogP contribution in [0, 0.1) is 5.41 Å². The number of rotatable bonds is 4. The van der Waals surface area contributed by atoms with Crippen LogP contribution in [0.3, 0.4) is 0 Å². The summed E-state index contributed by atoms with van der Waals surface area (Å²) in [5.74, 6) is 0.747. The summed E-state index contributed by atoms with van der Waals surface area (Å²) in [4.78, 5) is 5.29. The highest BCUT2D eigenvalue weighted by molar-refractivity contribution is 5.83. The van der Waals surface area contributed by atoms with Gasteiger partial charge in [0, 0.05) is 61.8 Å². The van der Waals surface area contributed by atoms with Gasteiger partial charge in [-0.3, -0.25) is 4.68 Å². The Hall–Kier alpha value is -2.25. The summed E-state index contributed by atoms with van der Waals surface area (Å²) in [5, 5.41) is 8.02. The molecule has 5 rings (SSSR count). The van der Waals surface area contributed by atoms with Crippen LogP contribution in [-0.4, -0.2) is 67.1 Å². The van der Waals surface area contributed by atoms with Gasteiger partial charge in [-0.1, -0.05) is 0 Å². The summed E-state index contributed by atoms with van der Waals surface area (Å²) in [5.41, 5.74) is 11.0. The number of methoxy groups -OCH3 is 1. The maximum absolute atomic E-state index is 6.27. The normalized spacial score (nSPS) is 22.4. The number of benzene rings is 1. The number of nitrogens with two attached hydrogens (primary N) is 1. The SMILES string of the molecule is COc1cc(N2CCC(N3CCC4(CCCNC4)CC3)CC2)c(-c2cnn(C)c2)cc1N. The molecule has 3 aliphatic rings. The molecular weight excluding hydrogens is 400 g/mol. The van der Waals surface area contributed by atoms with E-state index >= 15 is 0 Å². The van der Waals surface area contributed by atoms with E-state index in [2.05, 4.69) is 32.5 Å². The molecule has 0 aliphatic carbocycles. The zero-order valence-corrected chi connectivity index (χ0v) is 19.6. The second-order valence-electron chi connectivity index (χ2n) is 10.0. The van der Waals surface area contributed by atoms with Crippen molar-refractivity contribution in [3.63, 3.8) is 0 Å². The Kier molecular flexibility index (Phi) is 6.03. The van der Waals surface area contributed by atoms with E-state index in [1.54, 1.807) is 7.11 Å². The Labute approximate surface area is 191 Å². The number of piperidine rings is 3. The minimum atomic E-state index is 0.578. The molecule has 4 heterocycles. The molecule has 0 amide bonds. The zero-order valence-electron chi connectivity index (χ0n) is 19.6. The number of aryl methyl sites for hydroxylation is 1. The summed E-state index contributed by atoms with van der Waals surface area (Å²) in [6.07, 6.45) is 11.9. The molecule has 1 spiro atoms. The molecule has 7 nitrogen and oxygen atoms in total. The predicted octanol–water partition coefficient (Wildman–Crippen LogP) is 3.11. The van der Waals surface area contributed by atoms with Crippen molar-refractivity contribution in [2.45, 2.75) is 44.6 Å². The van der Waals surface area contributed by atoms with E-state index in [1.807, 2.05) is 24.0 Å². The van der Waals surface area contributed by atoms with E-state index in [0.717, 1.165) is 30.0 Å². The van der Waals surface area contributed by atoms with Crippen LogP contribution < -0.4 is 20.7 Å². The Morgan fingerprint density at radius 2 is 1.91 bits per heavy atom. The van der Waals surface area contributed by atoms with E-state index in [1.165, 1.54) is 70.4 Å². The highest BCUT2D eigenvalue weighted by Gasteiger charge is 2.38. The van der Waals surface area contributed by atoms with E-state index in [-0.39, 0.29) is 0 Å². The van der Waals surface area contributed by atoms with Crippen LogP contribution in [-0.2, 0) is 7.05 Å². The number of nitrogen functional groups attached to an aromatic ring is 1. The molecule has 7 heteroatoms. The van der Waals surface area contributed by atoms with Crippen LogP contribution in [0.1, 0.15) is 38.5 Å². The van der Waals surface area contributed by atoms with Crippen molar-refractivity contribution < 1.29 is 4.74 Å². The van der Waals surface area contributed by atoms with Gasteiger partial charge in [0.1, 0.15) is 5.75 Å². The van der Waals surface area contributed by atoms with Crippen LogP contribution >= 0.6 is 0 Å². The monoisotopic (exact) mass is 438 g/mol. The van der Waals surface area contributed by atoms with Crippen molar-refractivity contribution >= 4 is 11.4 Å². The number of nitrogens with one attached hydrogen (secondary N) is 1. The molecule has 3 saturated heterocycles. The van der Waals surface area contributed by atoms with Crippen LogP contribution in [0.15, 0.2) is 24.5 Å². The molecule has 1 aromatic carbocycles. The summed E-state index contributed by atoms with van der Waals surface area (Å²) in [7, 11) is 3.64. The van der Waals surface area contributed by atoms with Gasteiger partial charge in [0.2, 0.25) is 0 Å². The van der Waals surface area contributed by atoms with Crippen molar-refractivity contribution in [2.24, 2.45) is 12.5 Å². The third-order valence-corrected chi connectivity index (χ3v) is 8.10. The highest BCUT2D eigenvalue weighted by atomic mass is 16.5. The topological polar surface area (TPSA) is 71.6 Å². The second-order valence-corrected chi connectivity index (χ2v) is 10.0. The van der Waals surface area contributed by atoms with Gasteiger partial charge in [0.15, 0.2) is 0 Å². The van der Waals surface area contributed by atoms with Crippen LogP contribution in [0.4, 0.5) is 11.4 Å². The lowest BCUT2D eigenvalue weighted by Gasteiger charge is -2.48. The Morgan fingerprint density at radius 1 is 1.12 bits per heavy atom. The molecule has 0 radical (unpaired) electrons. The van der Waals surface area contributed by atoms with E-state index in [0.29, 0.717) is 17.1 Å². The fraction of sp³-hybridized carbons (Fsp3) is 0.640. The van der Waals surface area contributed by atoms with Crippen LogP contribution in [0.5, 0.6) is 5.75 Å². The number of hydrogen-bond donors (Lipinski definition) is 2. The number of likely N-dealkylation sites (tertiary alicyclic amines) is 1. The number of ether oxygens (including phenoxy) is 1. The lowest BCUT2D eigenvalue weighted by Crippen LogP contribution is -2.52. The molecule has 2 aromatic rings. The molecule has 174 valence electrons. The number of aromatic nitrogens is 2. The van der Waals surface area contributed by atoms with E-state index in [4.69, 9.17) is 10.5 Å². The summed E-state index contributed by atoms with van der Waals surface area (Å²) in [6.45, 7) is 7.10. The van der Waals surface area contributed by atoms with Crippen molar-refractivity contribution in [1.29, 1.82) is 0 Å². The molecule has 0 unspecified atom stereocenters. The fourth-order valence-electron chi connectivity index (χ4n) is 6.11. The molecule has 3 fully saturated rings. The van der Waals surface area contributed by atoms with E-state index < -0.39 is 0 Å². The van der Waals surface area contributed by atoms with Gasteiger partial charge in [0.25, 0.3) is 0 Å². The Balaban J connectivity index is 1.27. The Bertz CT molecular complexity index is 917. The average Bonchev–Trinajstić information content (AvgIpc) is 3.26. The van der Waals surface area contributed by atoms with Crippen molar-refractivity contribution in [3.05, 3.63) is 24.5 Å². The first kappa shape index (κ1) is 21.6. The second kappa shape index (κ2) is 8.94. The first-order valence-corrected chi connectivity index (χ1v) is 12.2. The van der Waals surface area contributed by atoms with Crippen LogP contribution in [0.25, 0.3) is 11.1 Å². The first-order valence-electron chi connectivity index (χ1n) is 12.2. The fourth-order valence-corrected chi connectivity index (χ4v) is 6.11. The van der Waals surface area contributed by atoms with Gasteiger partial charge in [-0.15, -0.1) is 0 Å². The third-order valence-electron chi connectivity index (χ3n) is 8.10. The zero-order chi connectivity index (χ0) is 22.1. The minimum absolute atomic E-state index is 0.578. The van der Waals surface area contributed by atoms with Crippen molar-refractivity contribution in [1.82, 2.24) is 20.0 Å². The predicted molar refractivity (Wildman–Crippen MR) is 130 cm³/mol. The third kappa shape index (κ3) is 4.20. The molecule has 3 aliphatic heterocycles. The maximum atomic E-state index is 6.27. The molecule has 0 bridgehead atoms. The van der Waals surface area contributed by atoms with Crippen LogP contribution in [0.2, 0.25) is 0 Å². The smallest absolute Gasteiger partial charge is 0.143 e. The van der Waals surface area contributed by atoms with Gasteiger partial charge >= 0.3 is 0 Å². The summed E-state index contributed by atoms with van der Waals surface area (Å²) in [6, 6.07) is 4.86. The summed E-state index contributed by atoms with van der Waals surface area (Å²) >= 11 is 0. The summed E-state index contributed by atoms with van der Waals surface area (Å²) < 4.78 is 7.40. The maximum Gasteiger partial charge on any atom is 0.143 e. The minimum Gasteiger partial charge on any atom is -0.495 e. The first-order chi connectivity index (χ1) is 15.6. The number of anilines is 2. The largest absolute Gasteiger partial charge is 0.495 e. The number of hydrogen-bond acceptors (Lipinski definition) is 6. The molecule has 1 aromatic heterocycles. The average molecular weight is 439 g/mol. The molecular formula is C25H38N6O. The van der Waals surface area contributed by atoms with Gasteiger partial charge < -0.3 is 25.6 Å². The quantitative estimate of drug-likeness (QED) is 0.715. The van der Waals surface area contributed by atoms with Gasteiger partial charge in [-0.2, -0.15) is 5.10 Å². The van der Waals surface area contributed by atoms with Crippen molar-refractivity contribution in [3.8, 4) is 16.9 Å².